The summed E-state index contributed by atoms with van der Waals surface area (Å²) >= 11 is 0. The monoisotopic (exact) mass is 372 g/mol. The Labute approximate surface area is 165 Å². The van der Waals surface area contributed by atoms with E-state index in [1.54, 1.807) is 0 Å². The largest absolute Gasteiger partial charge is 0.355 e. The number of aryl methyl sites for hydroxylation is 1. The van der Waals surface area contributed by atoms with Crippen LogP contribution in [0, 0.1) is 6.92 Å². The van der Waals surface area contributed by atoms with Crippen LogP contribution >= 0.6 is 0 Å². The third-order valence-electron chi connectivity index (χ3n) is 5.06. The molecule has 1 aliphatic rings. The van der Waals surface area contributed by atoms with Crippen LogP contribution in [0.25, 0.3) is 11.3 Å². The molecule has 1 aliphatic heterocycles. The van der Waals surface area contributed by atoms with Crippen LogP contribution in [0.2, 0.25) is 0 Å². The molecular weight excluding hydrogens is 348 g/mol. The van der Waals surface area contributed by atoms with E-state index in [0.717, 1.165) is 35.7 Å². The molecule has 0 saturated carbocycles. The Morgan fingerprint density at radius 3 is 2.46 bits per heavy atom. The van der Waals surface area contributed by atoms with Crippen molar-refractivity contribution in [2.24, 2.45) is 0 Å². The van der Waals surface area contributed by atoms with E-state index in [1.165, 1.54) is 18.4 Å². The van der Waals surface area contributed by atoms with E-state index in [1.807, 2.05) is 61.5 Å². The van der Waals surface area contributed by atoms with Gasteiger partial charge in [-0.1, -0.05) is 42.0 Å². The van der Waals surface area contributed by atoms with Crippen molar-refractivity contribution in [3.63, 3.8) is 0 Å². The molecule has 1 N–H and O–H groups in total. The maximum absolute atomic E-state index is 12.4. The summed E-state index contributed by atoms with van der Waals surface area (Å²) in [5, 5.41) is 11.7. The number of anilines is 1. The maximum Gasteiger partial charge on any atom is 0.251 e. The Morgan fingerprint density at radius 2 is 1.79 bits per heavy atom. The zero-order valence-electron chi connectivity index (χ0n) is 16.1. The van der Waals surface area contributed by atoms with Gasteiger partial charge >= 0.3 is 0 Å². The second kappa shape index (κ2) is 8.21. The minimum Gasteiger partial charge on any atom is -0.355 e. The standard InChI is InChI=1S/C23H24N4O/c1-17-5-4-6-18(15-17)16-24-23(28)20-9-7-19(8-10-20)21-11-12-22(26-25-21)27-13-2-3-14-27/h4-12,15H,2-3,13-14,16H2,1H3,(H,24,28). The molecule has 0 radical (unpaired) electrons. The number of rotatable bonds is 5. The fourth-order valence-corrected chi connectivity index (χ4v) is 3.49. The van der Waals surface area contributed by atoms with Crippen LogP contribution in [0.5, 0.6) is 0 Å². The van der Waals surface area contributed by atoms with E-state index in [-0.39, 0.29) is 5.91 Å². The van der Waals surface area contributed by atoms with E-state index in [9.17, 15) is 4.79 Å². The second-order valence-electron chi connectivity index (χ2n) is 7.22. The van der Waals surface area contributed by atoms with Crippen LogP contribution in [0.15, 0.2) is 60.7 Å². The quantitative estimate of drug-likeness (QED) is 0.736. The summed E-state index contributed by atoms with van der Waals surface area (Å²) in [5.74, 6) is 0.858. The van der Waals surface area contributed by atoms with Crippen molar-refractivity contribution < 1.29 is 4.79 Å². The number of carbonyl (C=O) groups is 1. The van der Waals surface area contributed by atoms with Gasteiger partial charge in [0.15, 0.2) is 5.82 Å². The van der Waals surface area contributed by atoms with E-state index < -0.39 is 0 Å². The van der Waals surface area contributed by atoms with Crippen LogP contribution < -0.4 is 10.2 Å². The molecule has 1 aromatic heterocycles. The Bertz CT molecular complexity index is 945. The number of hydrogen-bond acceptors (Lipinski definition) is 4. The maximum atomic E-state index is 12.4. The zero-order valence-corrected chi connectivity index (χ0v) is 16.1. The molecular formula is C23H24N4O. The van der Waals surface area contributed by atoms with Crippen molar-refractivity contribution in [2.75, 3.05) is 18.0 Å². The van der Waals surface area contributed by atoms with E-state index >= 15 is 0 Å². The number of amides is 1. The van der Waals surface area contributed by atoms with E-state index in [0.29, 0.717) is 12.1 Å². The molecule has 0 aliphatic carbocycles. The molecule has 0 spiro atoms. The summed E-state index contributed by atoms with van der Waals surface area (Å²) in [6, 6.07) is 19.7. The van der Waals surface area contributed by atoms with Crippen molar-refractivity contribution in [1.29, 1.82) is 0 Å². The van der Waals surface area contributed by atoms with Gasteiger partial charge in [0.2, 0.25) is 0 Å². The molecule has 0 unspecified atom stereocenters. The molecule has 1 fully saturated rings. The topological polar surface area (TPSA) is 58.1 Å². The normalized spacial score (nSPS) is 13.5. The third kappa shape index (κ3) is 4.19. The summed E-state index contributed by atoms with van der Waals surface area (Å²) < 4.78 is 0. The van der Waals surface area contributed by atoms with Crippen molar-refractivity contribution in [3.05, 3.63) is 77.4 Å². The molecule has 4 rings (SSSR count). The predicted octanol–water partition coefficient (Wildman–Crippen LogP) is 3.98. The minimum atomic E-state index is -0.0801. The molecule has 28 heavy (non-hydrogen) atoms. The highest BCUT2D eigenvalue weighted by Gasteiger charge is 2.14. The predicted molar refractivity (Wildman–Crippen MR) is 111 cm³/mol. The Hall–Kier alpha value is -3.21. The first-order chi connectivity index (χ1) is 13.7. The summed E-state index contributed by atoms with van der Waals surface area (Å²) in [4.78, 5) is 14.7. The lowest BCUT2D eigenvalue weighted by Gasteiger charge is -2.15. The van der Waals surface area contributed by atoms with Gasteiger partial charge in [0.25, 0.3) is 5.91 Å². The van der Waals surface area contributed by atoms with Gasteiger partial charge in [-0.15, -0.1) is 10.2 Å². The van der Waals surface area contributed by atoms with Gasteiger partial charge in [-0.05, 0) is 49.6 Å². The minimum absolute atomic E-state index is 0.0801. The molecule has 2 aromatic carbocycles. The van der Waals surface area contributed by atoms with Crippen LogP contribution in [0.1, 0.15) is 34.3 Å². The van der Waals surface area contributed by atoms with Gasteiger partial charge in [0.05, 0.1) is 5.69 Å². The van der Waals surface area contributed by atoms with Crippen LogP contribution in [-0.4, -0.2) is 29.2 Å². The molecule has 1 saturated heterocycles. The number of nitrogens with one attached hydrogen (secondary N) is 1. The van der Waals surface area contributed by atoms with Gasteiger partial charge in [-0.2, -0.15) is 0 Å². The van der Waals surface area contributed by atoms with E-state index in [2.05, 4.69) is 26.5 Å². The van der Waals surface area contributed by atoms with E-state index in [4.69, 9.17) is 0 Å². The number of aromatic nitrogens is 2. The molecule has 0 bridgehead atoms. The fourth-order valence-electron chi connectivity index (χ4n) is 3.49. The fraction of sp³-hybridized carbons (Fsp3) is 0.261. The van der Waals surface area contributed by atoms with Crippen LogP contribution in [-0.2, 0) is 6.54 Å². The summed E-state index contributed by atoms with van der Waals surface area (Å²) in [7, 11) is 0. The highest BCUT2D eigenvalue weighted by Crippen LogP contribution is 2.21. The highest BCUT2D eigenvalue weighted by molar-refractivity contribution is 5.94. The van der Waals surface area contributed by atoms with Gasteiger partial charge in [0.1, 0.15) is 0 Å². The number of nitrogens with zero attached hydrogens (tertiary/aromatic N) is 3. The Kier molecular flexibility index (Phi) is 5.33. The molecule has 2 heterocycles. The molecule has 1 amide bonds. The average Bonchev–Trinajstić information content (AvgIpc) is 3.27. The smallest absolute Gasteiger partial charge is 0.251 e. The highest BCUT2D eigenvalue weighted by atomic mass is 16.1. The first kappa shape index (κ1) is 18.2. The van der Waals surface area contributed by atoms with Gasteiger partial charge in [-0.25, -0.2) is 0 Å². The Morgan fingerprint density at radius 1 is 1.00 bits per heavy atom. The van der Waals surface area contributed by atoms with Crippen molar-refractivity contribution >= 4 is 11.7 Å². The lowest BCUT2D eigenvalue weighted by molar-refractivity contribution is 0.0951. The molecule has 3 aromatic rings. The molecule has 0 atom stereocenters. The summed E-state index contributed by atoms with van der Waals surface area (Å²) in [5.41, 5.74) is 4.69. The van der Waals surface area contributed by atoms with Gasteiger partial charge < -0.3 is 10.2 Å². The number of carbonyl (C=O) groups excluding carboxylic acids is 1. The van der Waals surface area contributed by atoms with Crippen molar-refractivity contribution in [1.82, 2.24) is 15.5 Å². The summed E-state index contributed by atoms with van der Waals surface area (Å²) in [6.45, 7) is 4.68. The zero-order chi connectivity index (χ0) is 19.3. The van der Waals surface area contributed by atoms with Gasteiger partial charge in [-0.3, -0.25) is 4.79 Å². The molecule has 5 nitrogen and oxygen atoms in total. The third-order valence-corrected chi connectivity index (χ3v) is 5.06. The van der Waals surface area contributed by atoms with Crippen LogP contribution in [0.4, 0.5) is 5.82 Å². The molecule has 5 heteroatoms. The first-order valence-electron chi connectivity index (χ1n) is 9.72. The van der Waals surface area contributed by atoms with Crippen molar-refractivity contribution in [2.45, 2.75) is 26.3 Å². The first-order valence-corrected chi connectivity index (χ1v) is 9.72. The number of hydrogen-bond donors (Lipinski definition) is 1. The van der Waals surface area contributed by atoms with Crippen LogP contribution in [0.3, 0.4) is 0 Å². The van der Waals surface area contributed by atoms with Crippen molar-refractivity contribution in [3.8, 4) is 11.3 Å². The SMILES string of the molecule is Cc1cccc(CNC(=O)c2ccc(-c3ccc(N4CCCC4)nn3)cc2)c1. The van der Waals surface area contributed by atoms with Gasteiger partial charge in [0, 0.05) is 30.8 Å². The lowest BCUT2D eigenvalue weighted by Crippen LogP contribution is -2.22. The second-order valence-corrected chi connectivity index (χ2v) is 7.22. The number of benzene rings is 2. The average molecular weight is 372 g/mol. The molecule has 142 valence electrons. The summed E-state index contributed by atoms with van der Waals surface area (Å²) in [6.07, 6.45) is 2.44. The lowest BCUT2D eigenvalue weighted by atomic mass is 10.1. The Balaban J connectivity index is 1.39.